The second-order valence-corrected chi connectivity index (χ2v) is 5.74. The van der Waals surface area contributed by atoms with Gasteiger partial charge in [0.15, 0.2) is 0 Å². The fourth-order valence-corrected chi connectivity index (χ4v) is 2.51. The van der Waals surface area contributed by atoms with Crippen LogP contribution in [-0.2, 0) is 4.74 Å². The molecular weight excluding hydrogens is 320 g/mol. The van der Waals surface area contributed by atoms with Crippen molar-refractivity contribution in [3.05, 3.63) is 5.32 Å². The van der Waals surface area contributed by atoms with Gasteiger partial charge >= 0.3 is 58.2 Å². The maximum absolute atomic E-state index is 5.20. The molecule has 0 amide bonds. The molecule has 2 rings (SSSR count). The molecule has 0 bridgehead atoms. The van der Waals surface area contributed by atoms with Crippen molar-refractivity contribution in [2.45, 2.75) is 66.7 Å². The second kappa shape index (κ2) is 17.1. The van der Waals surface area contributed by atoms with Crippen LogP contribution in [0.15, 0.2) is 0 Å². The largest absolute Gasteiger partial charge is 1.00 e. The first-order valence-electron chi connectivity index (χ1n) is 8.45. The molecular formula is C17H36NORb. The van der Waals surface area contributed by atoms with Crippen molar-refractivity contribution in [1.82, 2.24) is 0 Å². The number of piperidine rings is 1. The molecule has 116 valence electrons. The van der Waals surface area contributed by atoms with Gasteiger partial charge in [0, 0.05) is 13.2 Å². The summed E-state index contributed by atoms with van der Waals surface area (Å²) in [5, 5.41) is 4.38. The molecule has 2 saturated heterocycles. The molecule has 2 heterocycles. The minimum absolute atomic E-state index is 0. The average Bonchev–Trinajstić information content (AvgIpc) is 2.51. The molecule has 0 saturated carbocycles. The zero-order chi connectivity index (χ0) is 14.5. The van der Waals surface area contributed by atoms with Crippen LogP contribution < -0.4 is 58.2 Å². The molecule has 2 aliphatic heterocycles. The molecule has 1 atom stereocenters. The van der Waals surface area contributed by atoms with Crippen molar-refractivity contribution >= 4 is 0 Å². The second-order valence-electron chi connectivity index (χ2n) is 5.74. The summed E-state index contributed by atoms with van der Waals surface area (Å²) in [6, 6.07) is 0. The van der Waals surface area contributed by atoms with E-state index < -0.39 is 0 Å². The van der Waals surface area contributed by atoms with E-state index in [1.807, 2.05) is 13.8 Å². The number of nitrogens with zero attached hydrogens (tertiary/aromatic N) is 1. The summed E-state index contributed by atoms with van der Waals surface area (Å²) < 4.78 is 5.20. The van der Waals surface area contributed by atoms with Crippen LogP contribution in [0, 0.1) is 17.8 Å². The molecule has 3 heteroatoms. The van der Waals surface area contributed by atoms with E-state index in [0.717, 1.165) is 44.1 Å². The Morgan fingerprint density at radius 2 is 1.70 bits per heavy atom. The first-order chi connectivity index (χ1) is 9.24. The fraction of sp³-hybridized carbons (Fsp3) is 1.00. The van der Waals surface area contributed by atoms with Crippen LogP contribution in [0.1, 0.15) is 66.7 Å². The molecule has 0 aromatic rings. The summed E-state index contributed by atoms with van der Waals surface area (Å²) in [5.41, 5.74) is 0. The Hall–Kier alpha value is 1.73. The summed E-state index contributed by atoms with van der Waals surface area (Å²) in [7, 11) is 0. The van der Waals surface area contributed by atoms with Gasteiger partial charge in [-0.25, -0.2) is 0 Å². The summed E-state index contributed by atoms with van der Waals surface area (Å²) >= 11 is 0. The number of rotatable bonds is 2. The Kier molecular flexibility index (Phi) is 20.5. The van der Waals surface area contributed by atoms with E-state index in [0.29, 0.717) is 0 Å². The monoisotopic (exact) mass is 355 g/mol. The molecule has 0 spiro atoms. The minimum atomic E-state index is 0. The van der Waals surface area contributed by atoms with E-state index in [-0.39, 0.29) is 58.2 Å². The number of hydrogen-bond acceptors (Lipinski definition) is 1. The molecule has 0 aromatic carbocycles. The molecule has 0 aliphatic carbocycles. The third kappa shape index (κ3) is 12.3. The third-order valence-corrected chi connectivity index (χ3v) is 4.12. The standard InChI is InChI=1S/C8H16N.C7H14O.C2H6.Rb/c1-7(2)8-4-3-5-9-6-8;1-2-7-3-5-8-6-4-7;1-2;/h7-8H,3-6H2,1-2H3;7H,2-6H2,1H3;1-2H3;/q-1;;;+1. The molecule has 0 N–H and O–H groups in total. The number of ether oxygens (including phenoxy) is 1. The summed E-state index contributed by atoms with van der Waals surface area (Å²) in [6.45, 7) is 15.1. The van der Waals surface area contributed by atoms with Gasteiger partial charge in [-0.2, -0.15) is 0 Å². The van der Waals surface area contributed by atoms with E-state index >= 15 is 0 Å². The zero-order valence-electron chi connectivity index (χ0n) is 15.0. The average molecular weight is 356 g/mol. The quantitative estimate of drug-likeness (QED) is 0.745. The van der Waals surface area contributed by atoms with Crippen LogP contribution in [0.25, 0.3) is 5.32 Å². The maximum Gasteiger partial charge on any atom is 1.00 e. The normalized spacial score (nSPS) is 22.8. The fourth-order valence-electron chi connectivity index (χ4n) is 2.51. The van der Waals surface area contributed by atoms with Gasteiger partial charge in [-0.15, -0.1) is 13.1 Å². The summed E-state index contributed by atoms with van der Waals surface area (Å²) in [6.07, 6.45) is 6.64. The van der Waals surface area contributed by atoms with E-state index in [1.165, 1.54) is 32.1 Å². The van der Waals surface area contributed by atoms with Crippen molar-refractivity contribution in [3.8, 4) is 0 Å². The van der Waals surface area contributed by atoms with Crippen LogP contribution in [0.4, 0.5) is 0 Å². The molecule has 2 fully saturated rings. The van der Waals surface area contributed by atoms with Gasteiger partial charge in [0.2, 0.25) is 0 Å². The first kappa shape index (κ1) is 24.0. The molecule has 2 nitrogen and oxygen atoms in total. The van der Waals surface area contributed by atoms with E-state index in [9.17, 15) is 0 Å². The van der Waals surface area contributed by atoms with Gasteiger partial charge in [-0.1, -0.05) is 59.8 Å². The van der Waals surface area contributed by atoms with Crippen molar-refractivity contribution in [3.63, 3.8) is 0 Å². The van der Waals surface area contributed by atoms with Crippen molar-refractivity contribution in [1.29, 1.82) is 0 Å². The van der Waals surface area contributed by atoms with E-state index in [2.05, 4.69) is 26.1 Å². The van der Waals surface area contributed by atoms with Crippen LogP contribution in [0.3, 0.4) is 0 Å². The molecule has 20 heavy (non-hydrogen) atoms. The zero-order valence-corrected chi connectivity index (χ0v) is 19.9. The topological polar surface area (TPSA) is 23.3 Å². The molecule has 2 aliphatic rings. The Morgan fingerprint density at radius 3 is 2.00 bits per heavy atom. The first-order valence-corrected chi connectivity index (χ1v) is 8.45. The summed E-state index contributed by atoms with van der Waals surface area (Å²) in [4.78, 5) is 0. The Bertz CT molecular complexity index is 176. The minimum Gasteiger partial charge on any atom is -0.662 e. The predicted octanol–water partition coefficient (Wildman–Crippen LogP) is 2.28. The van der Waals surface area contributed by atoms with E-state index in [4.69, 9.17) is 4.74 Å². The van der Waals surface area contributed by atoms with Crippen molar-refractivity contribution in [2.24, 2.45) is 17.8 Å². The van der Waals surface area contributed by atoms with Gasteiger partial charge in [0.05, 0.1) is 0 Å². The number of hydrogen-bond donors (Lipinski definition) is 0. The Balaban J connectivity index is 0. The van der Waals surface area contributed by atoms with Gasteiger partial charge in [-0.05, 0) is 24.7 Å². The molecule has 1 unspecified atom stereocenters. The van der Waals surface area contributed by atoms with Gasteiger partial charge in [0.25, 0.3) is 0 Å². The van der Waals surface area contributed by atoms with Crippen LogP contribution in [0.5, 0.6) is 0 Å². The van der Waals surface area contributed by atoms with Crippen LogP contribution >= 0.6 is 0 Å². The van der Waals surface area contributed by atoms with E-state index in [1.54, 1.807) is 0 Å². The van der Waals surface area contributed by atoms with Gasteiger partial charge in [-0.3, -0.25) is 0 Å². The van der Waals surface area contributed by atoms with Gasteiger partial charge < -0.3 is 10.1 Å². The smallest absolute Gasteiger partial charge is 0.662 e. The predicted molar refractivity (Wildman–Crippen MR) is 85.8 cm³/mol. The SMILES string of the molecule is CC.CC(C)C1CCC[N-]C1.CCC1CCOCC1.[Rb+]. The Labute approximate surface area is 177 Å². The van der Waals surface area contributed by atoms with Gasteiger partial charge in [0.1, 0.15) is 0 Å². The summed E-state index contributed by atoms with van der Waals surface area (Å²) in [5.74, 6) is 2.69. The van der Waals surface area contributed by atoms with Crippen molar-refractivity contribution < 1.29 is 62.9 Å². The van der Waals surface area contributed by atoms with Crippen LogP contribution in [-0.4, -0.2) is 26.3 Å². The molecule has 0 radical (unpaired) electrons. The Morgan fingerprint density at radius 1 is 1.10 bits per heavy atom. The van der Waals surface area contributed by atoms with Crippen LogP contribution in [0.2, 0.25) is 0 Å². The molecule has 0 aromatic heterocycles. The van der Waals surface area contributed by atoms with Crippen molar-refractivity contribution in [2.75, 3.05) is 26.3 Å². The third-order valence-electron chi connectivity index (χ3n) is 4.12. The maximum atomic E-state index is 5.20.